The van der Waals surface area contributed by atoms with Crippen LogP contribution in [0.3, 0.4) is 0 Å². The molecule has 5 rings (SSSR count). The molecule has 1 spiro atoms. The minimum atomic E-state index is -1.75. The van der Waals surface area contributed by atoms with E-state index in [0.29, 0.717) is 55.5 Å². The number of ether oxygens (including phenoxy) is 2. The van der Waals surface area contributed by atoms with Crippen LogP contribution in [-0.4, -0.2) is 79.4 Å². The number of carbonyl (C=O) groups is 3. The molecule has 1 N–H and O–H groups in total. The van der Waals surface area contributed by atoms with Crippen molar-refractivity contribution in [1.29, 1.82) is 0 Å². The van der Waals surface area contributed by atoms with Gasteiger partial charge in [0.2, 0.25) is 0 Å². The molecule has 9 nitrogen and oxygen atoms in total. The number of para-hydroxylation sites is 1. The Balaban J connectivity index is 1.72. The third-order valence-electron chi connectivity index (χ3n) is 7.35. The van der Waals surface area contributed by atoms with Crippen molar-refractivity contribution < 1.29 is 29.0 Å². The summed E-state index contributed by atoms with van der Waals surface area (Å²) in [7, 11) is 3.85. The van der Waals surface area contributed by atoms with Crippen molar-refractivity contribution in [3.63, 3.8) is 0 Å². The molecule has 2 aromatic carbocycles. The number of Topliss-reactive ketones (excluding diaryl/α,β-unsaturated/α-hetero) is 1. The maximum absolute atomic E-state index is 14.4. The number of likely N-dealkylation sites (tertiary alicyclic amines) is 1. The quantitative estimate of drug-likeness (QED) is 0.325. The van der Waals surface area contributed by atoms with Crippen LogP contribution in [0.2, 0.25) is 0 Å². The lowest BCUT2D eigenvalue weighted by atomic mass is 9.81. The fourth-order valence-electron chi connectivity index (χ4n) is 5.58. The Labute approximate surface area is 222 Å². The summed E-state index contributed by atoms with van der Waals surface area (Å²) in [5.74, 6) is -1.51. The Morgan fingerprint density at radius 2 is 1.74 bits per heavy atom. The van der Waals surface area contributed by atoms with Crippen molar-refractivity contribution in [3.8, 4) is 11.5 Å². The number of anilines is 1. The van der Waals surface area contributed by atoms with Gasteiger partial charge in [0, 0.05) is 24.2 Å². The number of aliphatic hydroxyl groups is 1. The first-order chi connectivity index (χ1) is 18.3. The average Bonchev–Trinajstić information content (AvgIpc) is 3.29. The fourth-order valence-corrected chi connectivity index (χ4v) is 5.58. The van der Waals surface area contributed by atoms with Crippen molar-refractivity contribution in [2.75, 3.05) is 51.8 Å². The molecule has 1 atom stereocenters. The van der Waals surface area contributed by atoms with E-state index in [-0.39, 0.29) is 17.7 Å². The summed E-state index contributed by atoms with van der Waals surface area (Å²) in [5, 5.41) is 11.7. The number of aliphatic hydroxyl groups excluding tert-OH is 1. The smallest absolute Gasteiger partial charge is 0.296 e. The van der Waals surface area contributed by atoms with Crippen LogP contribution in [0.1, 0.15) is 37.3 Å². The van der Waals surface area contributed by atoms with Gasteiger partial charge in [-0.3, -0.25) is 14.4 Å². The zero-order chi connectivity index (χ0) is 27.0. The summed E-state index contributed by atoms with van der Waals surface area (Å²) in [4.78, 5) is 46.8. The Morgan fingerprint density at radius 1 is 1.00 bits per heavy atom. The maximum atomic E-state index is 14.4. The summed E-state index contributed by atoms with van der Waals surface area (Å²) in [6.07, 6.45) is 2.18. The molecule has 0 unspecified atom stereocenters. The second kappa shape index (κ2) is 10.1. The zero-order valence-corrected chi connectivity index (χ0v) is 22.0. The number of nitrogens with zero attached hydrogens (tertiary/aromatic N) is 3. The Morgan fingerprint density at radius 3 is 2.47 bits per heavy atom. The highest BCUT2D eigenvalue weighted by Crippen LogP contribution is 2.54. The van der Waals surface area contributed by atoms with E-state index in [1.54, 1.807) is 35.2 Å². The second-order valence-electron chi connectivity index (χ2n) is 10.1. The summed E-state index contributed by atoms with van der Waals surface area (Å²) in [6, 6.07) is 12.1. The molecule has 200 valence electrons. The number of ketones is 1. The van der Waals surface area contributed by atoms with Crippen LogP contribution >= 0.6 is 0 Å². The van der Waals surface area contributed by atoms with Gasteiger partial charge in [-0.15, -0.1) is 0 Å². The van der Waals surface area contributed by atoms with Gasteiger partial charge >= 0.3 is 0 Å². The molecular formula is C29H33N3O6. The van der Waals surface area contributed by atoms with Gasteiger partial charge in [0.1, 0.15) is 19.0 Å². The number of benzene rings is 2. The van der Waals surface area contributed by atoms with E-state index in [0.717, 1.165) is 12.8 Å². The lowest BCUT2D eigenvalue weighted by molar-refractivity contribution is -0.143. The van der Waals surface area contributed by atoms with E-state index in [2.05, 4.69) is 0 Å². The van der Waals surface area contributed by atoms with Crippen LogP contribution < -0.4 is 14.4 Å². The molecule has 2 amide bonds. The van der Waals surface area contributed by atoms with E-state index in [9.17, 15) is 19.5 Å². The van der Waals surface area contributed by atoms with Crippen LogP contribution in [0.4, 0.5) is 5.69 Å². The SMILES string of the molecule is CCCCN1C(=O)[C@]2(C(=C(O)c3ccc4c(c3)OCCO4)C(=O)C(=O)N2CCCN(C)C)c2ccccc21. The van der Waals surface area contributed by atoms with Crippen LogP contribution in [-0.2, 0) is 19.9 Å². The largest absolute Gasteiger partial charge is 0.507 e. The highest BCUT2D eigenvalue weighted by Gasteiger charge is 2.66. The monoisotopic (exact) mass is 519 g/mol. The Bertz CT molecular complexity index is 1320. The third kappa shape index (κ3) is 3.93. The van der Waals surface area contributed by atoms with E-state index in [1.165, 1.54) is 4.90 Å². The first kappa shape index (κ1) is 25.8. The fraction of sp³-hybridized carbons (Fsp3) is 0.414. The highest BCUT2D eigenvalue weighted by atomic mass is 16.6. The molecule has 0 radical (unpaired) electrons. The Hall–Kier alpha value is -3.85. The highest BCUT2D eigenvalue weighted by molar-refractivity contribution is 6.50. The molecule has 0 saturated carbocycles. The standard InChI is InChI=1S/C29H33N3O6/c1-4-5-14-31-21-10-7-6-9-20(21)29(28(31)36)24(26(34)27(35)32(29)15-8-13-30(2)3)25(33)19-11-12-22-23(18-19)38-17-16-37-22/h6-7,9-12,18,33H,4-5,8,13-17H2,1-3H3/t29-/m1/s1. The number of fused-ring (bicyclic) bond motifs is 3. The van der Waals surface area contributed by atoms with Gasteiger partial charge < -0.3 is 29.3 Å². The van der Waals surface area contributed by atoms with Gasteiger partial charge in [0.25, 0.3) is 17.6 Å². The number of amides is 2. The number of hydrogen-bond donors (Lipinski definition) is 1. The lowest BCUT2D eigenvalue weighted by Crippen LogP contribution is -2.52. The van der Waals surface area contributed by atoms with Gasteiger partial charge in [-0.25, -0.2) is 0 Å². The molecule has 9 heteroatoms. The predicted molar refractivity (Wildman–Crippen MR) is 142 cm³/mol. The number of hydrogen-bond acceptors (Lipinski definition) is 7. The van der Waals surface area contributed by atoms with Crippen LogP contribution in [0, 0.1) is 0 Å². The predicted octanol–water partition coefficient (Wildman–Crippen LogP) is 3.13. The van der Waals surface area contributed by atoms with Gasteiger partial charge in [-0.2, -0.15) is 0 Å². The minimum absolute atomic E-state index is 0.183. The summed E-state index contributed by atoms with van der Waals surface area (Å²) < 4.78 is 11.3. The number of carbonyl (C=O) groups excluding carboxylic acids is 3. The van der Waals surface area contributed by atoms with Gasteiger partial charge in [0.05, 0.1) is 11.3 Å². The molecule has 0 aliphatic carbocycles. The van der Waals surface area contributed by atoms with Gasteiger partial charge in [-0.05, 0) is 57.7 Å². The topological polar surface area (TPSA) is 99.6 Å². The summed E-state index contributed by atoms with van der Waals surface area (Å²) >= 11 is 0. The molecule has 2 aromatic rings. The number of rotatable bonds is 8. The zero-order valence-electron chi connectivity index (χ0n) is 22.0. The molecule has 0 bridgehead atoms. The molecule has 1 fully saturated rings. The summed E-state index contributed by atoms with van der Waals surface area (Å²) in [5.41, 5.74) is -0.497. The van der Waals surface area contributed by atoms with Crippen molar-refractivity contribution in [2.24, 2.45) is 0 Å². The van der Waals surface area contributed by atoms with E-state index in [1.807, 2.05) is 38.1 Å². The molecule has 1 saturated heterocycles. The molecule has 3 aliphatic heterocycles. The van der Waals surface area contributed by atoms with Crippen molar-refractivity contribution >= 4 is 29.0 Å². The van der Waals surface area contributed by atoms with Crippen LogP contribution in [0.25, 0.3) is 5.76 Å². The third-order valence-corrected chi connectivity index (χ3v) is 7.35. The molecule has 0 aromatic heterocycles. The first-order valence-electron chi connectivity index (χ1n) is 13.1. The van der Waals surface area contributed by atoms with E-state index < -0.39 is 28.9 Å². The van der Waals surface area contributed by atoms with Crippen molar-refractivity contribution in [1.82, 2.24) is 9.80 Å². The average molecular weight is 520 g/mol. The number of unbranched alkanes of at least 4 members (excludes halogenated alkanes) is 1. The lowest BCUT2D eigenvalue weighted by Gasteiger charge is -2.35. The maximum Gasteiger partial charge on any atom is 0.296 e. The molecule has 38 heavy (non-hydrogen) atoms. The first-order valence-corrected chi connectivity index (χ1v) is 13.1. The van der Waals surface area contributed by atoms with Crippen molar-refractivity contribution in [3.05, 3.63) is 59.2 Å². The minimum Gasteiger partial charge on any atom is -0.507 e. The molecule has 3 heterocycles. The van der Waals surface area contributed by atoms with E-state index >= 15 is 0 Å². The van der Waals surface area contributed by atoms with Crippen LogP contribution in [0.15, 0.2) is 48.0 Å². The second-order valence-corrected chi connectivity index (χ2v) is 10.1. The molecule has 3 aliphatic rings. The van der Waals surface area contributed by atoms with Gasteiger partial charge in [0.15, 0.2) is 17.0 Å². The van der Waals surface area contributed by atoms with Crippen LogP contribution in [0.5, 0.6) is 11.5 Å². The Kier molecular flexibility index (Phi) is 6.88. The normalized spacial score (nSPS) is 21.6. The van der Waals surface area contributed by atoms with Gasteiger partial charge in [-0.1, -0.05) is 31.5 Å². The summed E-state index contributed by atoms with van der Waals surface area (Å²) in [6.45, 7) is 4.10. The van der Waals surface area contributed by atoms with E-state index in [4.69, 9.17) is 9.47 Å². The van der Waals surface area contributed by atoms with Crippen molar-refractivity contribution in [2.45, 2.75) is 31.7 Å². The molecular weight excluding hydrogens is 486 g/mol.